The molecule has 0 aliphatic heterocycles. The van der Waals surface area contributed by atoms with E-state index in [1.807, 2.05) is 18.8 Å². The fourth-order valence-corrected chi connectivity index (χ4v) is 2.70. The summed E-state index contributed by atoms with van der Waals surface area (Å²) in [4.78, 5) is 0. The third kappa shape index (κ3) is 3.38. The Bertz CT molecular complexity index is 309. The van der Waals surface area contributed by atoms with Gasteiger partial charge >= 0.3 is 0 Å². The number of thioether (sulfide) groups is 1. The number of halogens is 1. The van der Waals surface area contributed by atoms with Gasteiger partial charge in [-0.05, 0) is 6.42 Å². The van der Waals surface area contributed by atoms with Gasteiger partial charge in [0.05, 0.1) is 23.0 Å². The molecule has 1 heterocycles. The number of nitrogens with zero attached hydrogens (tertiary/aromatic N) is 2. The fraction of sp³-hybridized carbons (Fsp3) is 0.700. The Labute approximate surface area is 106 Å². The summed E-state index contributed by atoms with van der Waals surface area (Å²) in [5.41, 5.74) is 3.74. The molecule has 2 atom stereocenters. The van der Waals surface area contributed by atoms with E-state index in [4.69, 9.17) is 17.4 Å². The lowest BCUT2D eigenvalue weighted by Gasteiger charge is -2.18. The number of hydrogen-bond acceptors (Lipinski definition) is 4. The van der Waals surface area contributed by atoms with Crippen LogP contribution in [0.4, 0.5) is 0 Å². The van der Waals surface area contributed by atoms with E-state index >= 15 is 0 Å². The quantitative estimate of drug-likeness (QED) is 0.609. The molecule has 1 rings (SSSR count). The number of nitrogens with one attached hydrogen (secondary N) is 1. The average Bonchev–Trinajstić information content (AvgIpc) is 2.61. The molecule has 16 heavy (non-hydrogen) atoms. The number of nitrogens with two attached hydrogens (primary N) is 1. The van der Waals surface area contributed by atoms with Crippen LogP contribution in [0.15, 0.2) is 6.20 Å². The summed E-state index contributed by atoms with van der Waals surface area (Å²) in [6, 6.07) is 0.0407. The molecule has 0 aliphatic rings. The molecule has 92 valence electrons. The first-order valence-electron chi connectivity index (χ1n) is 5.35. The lowest BCUT2D eigenvalue weighted by Crippen LogP contribution is -2.31. The first-order chi connectivity index (χ1) is 7.60. The highest BCUT2D eigenvalue weighted by molar-refractivity contribution is 7.99. The van der Waals surface area contributed by atoms with E-state index in [0.29, 0.717) is 10.3 Å². The van der Waals surface area contributed by atoms with Gasteiger partial charge in [-0.1, -0.05) is 25.4 Å². The van der Waals surface area contributed by atoms with Gasteiger partial charge in [-0.2, -0.15) is 16.9 Å². The van der Waals surface area contributed by atoms with Crippen LogP contribution in [0.3, 0.4) is 0 Å². The molecule has 3 N–H and O–H groups in total. The maximum atomic E-state index is 6.08. The Balaban J connectivity index is 2.67. The molecular formula is C10H19ClN4S. The molecule has 0 aromatic carbocycles. The Hall–Kier alpha value is -0.230. The molecular weight excluding hydrogens is 244 g/mol. The van der Waals surface area contributed by atoms with Gasteiger partial charge in [-0.3, -0.25) is 16.0 Å². The Morgan fingerprint density at radius 2 is 2.38 bits per heavy atom. The summed E-state index contributed by atoms with van der Waals surface area (Å²) in [6.07, 6.45) is 2.80. The molecule has 0 radical (unpaired) electrons. The van der Waals surface area contributed by atoms with Crippen molar-refractivity contribution in [3.05, 3.63) is 16.9 Å². The van der Waals surface area contributed by atoms with Gasteiger partial charge in [0.1, 0.15) is 0 Å². The second kappa shape index (κ2) is 6.49. The molecule has 0 aliphatic carbocycles. The molecule has 6 heteroatoms. The average molecular weight is 263 g/mol. The smallest absolute Gasteiger partial charge is 0.0834 e. The van der Waals surface area contributed by atoms with Crippen molar-refractivity contribution in [1.82, 2.24) is 15.2 Å². The first kappa shape index (κ1) is 13.8. The van der Waals surface area contributed by atoms with E-state index in [-0.39, 0.29) is 6.04 Å². The Morgan fingerprint density at radius 1 is 1.69 bits per heavy atom. The third-order valence-electron chi connectivity index (χ3n) is 2.59. The van der Waals surface area contributed by atoms with Crippen LogP contribution in [-0.2, 0) is 7.05 Å². The van der Waals surface area contributed by atoms with Crippen LogP contribution in [-0.4, -0.2) is 20.8 Å². The van der Waals surface area contributed by atoms with Crippen LogP contribution in [0.1, 0.15) is 32.0 Å². The summed E-state index contributed by atoms with van der Waals surface area (Å²) in [7, 11) is 1.87. The summed E-state index contributed by atoms with van der Waals surface area (Å²) in [5.74, 6) is 6.46. The number of rotatable bonds is 6. The maximum absolute atomic E-state index is 6.08. The highest BCUT2D eigenvalue weighted by Crippen LogP contribution is 2.26. The van der Waals surface area contributed by atoms with Gasteiger partial charge < -0.3 is 0 Å². The normalized spacial score (nSPS) is 15.1. The number of aryl methyl sites for hydroxylation is 1. The molecule has 0 bridgehead atoms. The van der Waals surface area contributed by atoms with Crippen molar-refractivity contribution in [1.29, 1.82) is 0 Å². The second-order valence-electron chi connectivity index (χ2n) is 3.77. The van der Waals surface area contributed by atoms with Gasteiger partial charge in [0, 0.05) is 18.1 Å². The minimum atomic E-state index is 0.0407. The molecule has 0 fully saturated rings. The van der Waals surface area contributed by atoms with Gasteiger partial charge in [-0.15, -0.1) is 0 Å². The van der Waals surface area contributed by atoms with E-state index in [1.54, 1.807) is 10.9 Å². The Kier molecular flexibility index (Phi) is 5.61. The first-order valence-corrected chi connectivity index (χ1v) is 6.77. The highest BCUT2D eigenvalue weighted by atomic mass is 35.5. The zero-order valence-corrected chi connectivity index (χ0v) is 11.5. The van der Waals surface area contributed by atoms with Crippen molar-refractivity contribution in [2.24, 2.45) is 12.9 Å². The van der Waals surface area contributed by atoms with Crippen molar-refractivity contribution in [2.45, 2.75) is 31.6 Å². The van der Waals surface area contributed by atoms with Gasteiger partial charge in [0.2, 0.25) is 0 Å². The largest absolute Gasteiger partial charge is 0.271 e. The predicted molar refractivity (Wildman–Crippen MR) is 70.5 cm³/mol. The van der Waals surface area contributed by atoms with Crippen LogP contribution < -0.4 is 11.3 Å². The lowest BCUT2D eigenvalue weighted by molar-refractivity contribution is 0.554. The standard InChI is InChI=1S/C10H19ClN4S/c1-4-7(2)16-6-9(14-12)10-8(11)5-13-15(10)3/h5,7,9,14H,4,6,12H2,1-3H3. The topological polar surface area (TPSA) is 55.9 Å². The molecule has 2 unspecified atom stereocenters. The van der Waals surface area contributed by atoms with Gasteiger partial charge in [0.25, 0.3) is 0 Å². The monoisotopic (exact) mass is 262 g/mol. The molecule has 0 spiro atoms. The summed E-state index contributed by atoms with van der Waals surface area (Å²) < 4.78 is 1.77. The van der Waals surface area contributed by atoms with E-state index in [2.05, 4.69) is 24.4 Å². The van der Waals surface area contributed by atoms with Crippen LogP contribution in [0.5, 0.6) is 0 Å². The zero-order chi connectivity index (χ0) is 12.1. The molecule has 0 amide bonds. The summed E-state index contributed by atoms with van der Waals surface area (Å²) >= 11 is 7.96. The summed E-state index contributed by atoms with van der Waals surface area (Å²) in [6.45, 7) is 4.39. The van der Waals surface area contributed by atoms with Gasteiger partial charge in [-0.25, -0.2) is 0 Å². The zero-order valence-electron chi connectivity index (χ0n) is 9.90. The fourth-order valence-electron chi connectivity index (χ4n) is 1.40. The molecule has 4 nitrogen and oxygen atoms in total. The van der Waals surface area contributed by atoms with Crippen LogP contribution in [0.2, 0.25) is 5.02 Å². The third-order valence-corrected chi connectivity index (χ3v) is 4.31. The van der Waals surface area contributed by atoms with E-state index in [0.717, 1.165) is 17.9 Å². The molecule has 1 aromatic rings. The minimum absolute atomic E-state index is 0.0407. The van der Waals surface area contributed by atoms with Crippen molar-refractivity contribution in [3.8, 4) is 0 Å². The van der Waals surface area contributed by atoms with Gasteiger partial charge in [0.15, 0.2) is 0 Å². The maximum Gasteiger partial charge on any atom is 0.0834 e. The van der Waals surface area contributed by atoms with Crippen LogP contribution in [0, 0.1) is 0 Å². The molecule has 1 aromatic heterocycles. The molecule has 0 saturated heterocycles. The molecule has 0 saturated carbocycles. The van der Waals surface area contributed by atoms with Crippen molar-refractivity contribution < 1.29 is 0 Å². The SMILES string of the molecule is CCC(C)SCC(NN)c1c(Cl)cnn1C. The van der Waals surface area contributed by atoms with Crippen molar-refractivity contribution in [3.63, 3.8) is 0 Å². The highest BCUT2D eigenvalue weighted by Gasteiger charge is 2.18. The van der Waals surface area contributed by atoms with Crippen molar-refractivity contribution >= 4 is 23.4 Å². The van der Waals surface area contributed by atoms with Crippen LogP contribution in [0.25, 0.3) is 0 Å². The minimum Gasteiger partial charge on any atom is -0.271 e. The van der Waals surface area contributed by atoms with E-state index in [9.17, 15) is 0 Å². The predicted octanol–water partition coefficient (Wildman–Crippen LogP) is 2.11. The van der Waals surface area contributed by atoms with E-state index in [1.165, 1.54) is 0 Å². The lowest BCUT2D eigenvalue weighted by atomic mass is 10.2. The number of hydrazine groups is 1. The number of aromatic nitrogens is 2. The Morgan fingerprint density at radius 3 is 2.81 bits per heavy atom. The van der Waals surface area contributed by atoms with Crippen molar-refractivity contribution in [2.75, 3.05) is 5.75 Å². The second-order valence-corrected chi connectivity index (χ2v) is 5.65. The summed E-state index contributed by atoms with van der Waals surface area (Å²) in [5, 5.41) is 5.40. The van der Waals surface area contributed by atoms with E-state index < -0.39 is 0 Å². The number of hydrogen-bond donors (Lipinski definition) is 2. The van der Waals surface area contributed by atoms with Crippen LogP contribution >= 0.6 is 23.4 Å².